The maximum absolute atomic E-state index is 12.5. The summed E-state index contributed by atoms with van der Waals surface area (Å²) in [5, 5.41) is 2.70. The molecule has 0 aliphatic rings. The molecule has 0 fully saturated rings. The lowest BCUT2D eigenvalue weighted by Gasteiger charge is -2.22. The first-order chi connectivity index (χ1) is 12.2. The zero-order chi connectivity index (χ0) is 17.9. The second-order valence-electron chi connectivity index (χ2n) is 5.73. The van der Waals surface area contributed by atoms with Crippen LogP contribution < -0.4 is 5.32 Å². The Kier molecular flexibility index (Phi) is 7.66. The van der Waals surface area contributed by atoms with Crippen LogP contribution in [0.4, 0.5) is 0 Å². The molecule has 5 heteroatoms. The van der Waals surface area contributed by atoms with Crippen LogP contribution in [-0.4, -0.2) is 43.5 Å². The minimum atomic E-state index is -0.161. The molecule has 0 aromatic heterocycles. The standard InChI is InChI=1S/C20H24N2O3/c1-25-13-12-22(16-18-10-6-3-7-11-18)20(24)15-21-19(23)14-17-8-4-2-5-9-17/h2-11H,12-16H2,1H3,(H,21,23). The number of ether oxygens (including phenoxy) is 1. The SMILES string of the molecule is COCCN(Cc1ccccc1)C(=O)CNC(=O)Cc1ccccc1. The summed E-state index contributed by atoms with van der Waals surface area (Å²) in [7, 11) is 1.60. The number of nitrogens with one attached hydrogen (secondary N) is 1. The van der Waals surface area contributed by atoms with Crippen LogP contribution >= 0.6 is 0 Å². The lowest BCUT2D eigenvalue weighted by atomic mass is 10.1. The van der Waals surface area contributed by atoms with E-state index >= 15 is 0 Å². The molecule has 0 saturated carbocycles. The molecule has 1 N–H and O–H groups in total. The van der Waals surface area contributed by atoms with Crippen molar-refractivity contribution in [2.45, 2.75) is 13.0 Å². The quantitative estimate of drug-likeness (QED) is 0.760. The van der Waals surface area contributed by atoms with E-state index in [0.717, 1.165) is 11.1 Å². The maximum Gasteiger partial charge on any atom is 0.242 e. The number of nitrogens with zero attached hydrogens (tertiary/aromatic N) is 1. The van der Waals surface area contributed by atoms with Crippen LogP contribution in [0.1, 0.15) is 11.1 Å². The number of benzene rings is 2. The van der Waals surface area contributed by atoms with Gasteiger partial charge in [0.05, 0.1) is 19.6 Å². The van der Waals surface area contributed by atoms with Crippen LogP contribution in [0.5, 0.6) is 0 Å². The van der Waals surface area contributed by atoms with Gasteiger partial charge in [-0.25, -0.2) is 0 Å². The number of rotatable bonds is 9. The first-order valence-electron chi connectivity index (χ1n) is 8.30. The third-order valence-electron chi connectivity index (χ3n) is 3.78. The Morgan fingerprint density at radius 1 is 0.960 bits per heavy atom. The van der Waals surface area contributed by atoms with Crippen LogP contribution in [0, 0.1) is 0 Å². The third-order valence-corrected chi connectivity index (χ3v) is 3.78. The molecule has 132 valence electrons. The van der Waals surface area contributed by atoms with E-state index < -0.39 is 0 Å². The predicted octanol–water partition coefficient (Wildman–Crippen LogP) is 2.02. The zero-order valence-electron chi connectivity index (χ0n) is 14.5. The highest BCUT2D eigenvalue weighted by Gasteiger charge is 2.15. The van der Waals surface area contributed by atoms with E-state index in [1.807, 2.05) is 60.7 Å². The van der Waals surface area contributed by atoms with Crippen LogP contribution in [0.15, 0.2) is 60.7 Å². The van der Waals surface area contributed by atoms with Gasteiger partial charge in [-0.1, -0.05) is 60.7 Å². The van der Waals surface area contributed by atoms with Crippen molar-refractivity contribution in [1.82, 2.24) is 10.2 Å². The van der Waals surface area contributed by atoms with Crippen molar-refractivity contribution in [3.05, 3.63) is 71.8 Å². The maximum atomic E-state index is 12.5. The van der Waals surface area contributed by atoms with Gasteiger partial charge in [0.1, 0.15) is 0 Å². The van der Waals surface area contributed by atoms with E-state index in [2.05, 4.69) is 5.32 Å². The van der Waals surface area contributed by atoms with Crippen molar-refractivity contribution >= 4 is 11.8 Å². The Morgan fingerprint density at radius 2 is 1.56 bits per heavy atom. The summed E-state index contributed by atoms with van der Waals surface area (Å²) in [6.45, 7) is 1.43. The molecule has 0 aliphatic heterocycles. The van der Waals surface area contributed by atoms with E-state index in [1.54, 1.807) is 12.0 Å². The van der Waals surface area contributed by atoms with Crippen molar-refractivity contribution in [3.8, 4) is 0 Å². The van der Waals surface area contributed by atoms with Gasteiger partial charge >= 0.3 is 0 Å². The van der Waals surface area contributed by atoms with Crippen molar-refractivity contribution < 1.29 is 14.3 Å². The Morgan fingerprint density at radius 3 is 2.16 bits per heavy atom. The fourth-order valence-corrected chi connectivity index (χ4v) is 2.43. The van der Waals surface area contributed by atoms with Gasteiger partial charge in [-0.2, -0.15) is 0 Å². The normalized spacial score (nSPS) is 10.3. The number of carbonyl (C=O) groups excluding carboxylic acids is 2. The molecule has 0 heterocycles. The van der Waals surface area contributed by atoms with Crippen molar-refractivity contribution in [3.63, 3.8) is 0 Å². The molecule has 2 aromatic carbocycles. The van der Waals surface area contributed by atoms with E-state index in [0.29, 0.717) is 19.7 Å². The highest BCUT2D eigenvalue weighted by molar-refractivity contribution is 5.85. The average Bonchev–Trinajstić information content (AvgIpc) is 2.65. The monoisotopic (exact) mass is 340 g/mol. The molecule has 0 spiro atoms. The van der Waals surface area contributed by atoms with E-state index in [4.69, 9.17) is 4.74 Å². The Labute approximate surface area is 148 Å². The van der Waals surface area contributed by atoms with Gasteiger partial charge in [0.15, 0.2) is 0 Å². The summed E-state index contributed by atoms with van der Waals surface area (Å²) in [5.74, 6) is -0.284. The number of amides is 2. The number of carbonyl (C=O) groups is 2. The summed E-state index contributed by atoms with van der Waals surface area (Å²) < 4.78 is 5.08. The number of hydrogen-bond acceptors (Lipinski definition) is 3. The highest BCUT2D eigenvalue weighted by Crippen LogP contribution is 2.05. The summed E-state index contributed by atoms with van der Waals surface area (Å²) in [5.41, 5.74) is 1.97. The van der Waals surface area contributed by atoms with Gasteiger partial charge < -0.3 is 15.0 Å². The summed E-state index contributed by atoms with van der Waals surface area (Å²) >= 11 is 0. The summed E-state index contributed by atoms with van der Waals surface area (Å²) in [6, 6.07) is 19.2. The van der Waals surface area contributed by atoms with Gasteiger partial charge in [-0.3, -0.25) is 9.59 Å². The van der Waals surface area contributed by atoms with Crippen LogP contribution in [-0.2, 0) is 27.3 Å². The summed E-state index contributed by atoms with van der Waals surface area (Å²) in [4.78, 5) is 26.2. The Bertz CT molecular complexity index is 659. The fourth-order valence-electron chi connectivity index (χ4n) is 2.43. The molecule has 2 amide bonds. The molecule has 25 heavy (non-hydrogen) atoms. The van der Waals surface area contributed by atoms with Crippen molar-refractivity contribution in [2.24, 2.45) is 0 Å². The Balaban J connectivity index is 1.86. The highest BCUT2D eigenvalue weighted by atomic mass is 16.5. The second-order valence-corrected chi connectivity index (χ2v) is 5.73. The van der Waals surface area contributed by atoms with E-state index in [1.165, 1.54) is 0 Å². The Hall–Kier alpha value is -2.66. The first-order valence-corrected chi connectivity index (χ1v) is 8.30. The van der Waals surface area contributed by atoms with E-state index in [-0.39, 0.29) is 24.8 Å². The van der Waals surface area contributed by atoms with Crippen LogP contribution in [0.25, 0.3) is 0 Å². The molecule has 0 radical (unpaired) electrons. The van der Waals surface area contributed by atoms with Crippen LogP contribution in [0.2, 0.25) is 0 Å². The second kappa shape index (κ2) is 10.3. The third kappa shape index (κ3) is 6.77. The van der Waals surface area contributed by atoms with Gasteiger partial charge in [0.2, 0.25) is 11.8 Å². The molecule has 0 aliphatic carbocycles. The molecule has 0 bridgehead atoms. The largest absolute Gasteiger partial charge is 0.383 e. The van der Waals surface area contributed by atoms with Crippen LogP contribution in [0.3, 0.4) is 0 Å². The fraction of sp³-hybridized carbons (Fsp3) is 0.300. The molecular formula is C20H24N2O3. The average molecular weight is 340 g/mol. The van der Waals surface area contributed by atoms with Crippen molar-refractivity contribution in [2.75, 3.05) is 26.8 Å². The lowest BCUT2D eigenvalue weighted by molar-refractivity contribution is -0.133. The minimum absolute atomic E-state index is 0.0117. The molecule has 0 atom stereocenters. The summed E-state index contributed by atoms with van der Waals surface area (Å²) in [6.07, 6.45) is 0.269. The minimum Gasteiger partial charge on any atom is -0.383 e. The molecule has 5 nitrogen and oxygen atoms in total. The smallest absolute Gasteiger partial charge is 0.242 e. The van der Waals surface area contributed by atoms with Gasteiger partial charge in [0.25, 0.3) is 0 Å². The number of hydrogen-bond donors (Lipinski definition) is 1. The number of methoxy groups -OCH3 is 1. The first kappa shape index (κ1) is 18.7. The molecular weight excluding hydrogens is 316 g/mol. The molecule has 0 unspecified atom stereocenters. The van der Waals surface area contributed by atoms with E-state index in [9.17, 15) is 9.59 Å². The van der Waals surface area contributed by atoms with Gasteiger partial charge in [-0.05, 0) is 11.1 Å². The topological polar surface area (TPSA) is 58.6 Å². The van der Waals surface area contributed by atoms with Gasteiger partial charge in [0, 0.05) is 20.2 Å². The zero-order valence-corrected chi connectivity index (χ0v) is 14.5. The molecule has 2 rings (SSSR count). The van der Waals surface area contributed by atoms with Gasteiger partial charge in [-0.15, -0.1) is 0 Å². The lowest BCUT2D eigenvalue weighted by Crippen LogP contribution is -2.41. The predicted molar refractivity (Wildman–Crippen MR) is 96.9 cm³/mol. The molecule has 0 saturated heterocycles. The van der Waals surface area contributed by atoms with Crippen molar-refractivity contribution in [1.29, 1.82) is 0 Å². The molecule has 2 aromatic rings.